The SMILES string of the molecule is CCCCCCCCC=CCCCCCCCC(=O)N(CCCCCCCCCCCCCCCCCC)[C@@H]1O[C@H](CO)[C@@H](O)[C@H](O)[C@H]1NC(=O)CNC(=O)CNC(=O)OC(C)(C)C. The van der Waals surface area contributed by atoms with Crippen LogP contribution in [-0.2, 0) is 23.9 Å². The highest BCUT2D eigenvalue weighted by Gasteiger charge is 2.48. The highest BCUT2D eigenvalue weighted by atomic mass is 16.6. The van der Waals surface area contributed by atoms with E-state index in [9.17, 15) is 34.5 Å². The molecular weight excluding hydrogens is 813 g/mol. The standard InChI is InChI=1S/C51H96N4O9/c1-6-8-10-12-14-16-18-20-22-24-26-28-30-32-34-36-38-55(45(59)37-35-33-31-29-27-25-23-21-19-17-15-13-11-9-7-2)49-46(48(61)47(60)42(41-56)63-49)54-44(58)40-52-43(57)39-53-50(62)64-51(3,4)5/h21,23,42,46-49,56,60-61H,6-20,22,24-41H2,1-5H3,(H,52,57)(H,53,62)(H,54,58)/t42-,46-,47-,48-,49-/m1/s1. The molecule has 1 saturated heterocycles. The molecule has 5 atom stereocenters. The average molecular weight is 909 g/mol. The predicted molar refractivity (Wildman–Crippen MR) is 258 cm³/mol. The number of hydrogen-bond donors (Lipinski definition) is 6. The summed E-state index contributed by atoms with van der Waals surface area (Å²) in [6, 6.07) is -1.23. The van der Waals surface area contributed by atoms with Gasteiger partial charge in [-0.3, -0.25) is 14.4 Å². The van der Waals surface area contributed by atoms with Crippen molar-refractivity contribution < 1.29 is 44.0 Å². The largest absolute Gasteiger partial charge is 0.444 e. The Kier molecular flexibility index (Phi) is 35.5. The molecule has 0 aromatic carbocycles. The Morgan fingerprint density at radius 3 is 1.50 bits per heavy atom. The molecule has 0 aromatic rings. The zero-order valence-electron chi connectivity index (χ0n) is 41.3. The first kappa shape index (κ1) is 59.3. The molecule has 1 rings (SSSR count). The molecule has 0 bridgehead atoms. The molecule has 13 nitrogen and oxygen atoms in total. The number of aliphatic hydroxyl groups is 3. The van der Waals surface area contributed by atoms with Crippen LogP contribution >= 0.6 is 0 Å². The van der Waals surface area contributed by atoms with Crippen molar-refractivity contribution >= 4 is 23.8 Å². The maximum Gasteiger partial charge on any atom is 0.408 e. The number of carbonyl (C=O) groups is 4. The summed E-state index contributed by atoms with van der Waals surface area (Å²) in [5.41, 5.74) is -0.745. The summed E-state index contributed by atoms with van der Waals surface area (Å²) < 4.78 is 11.3. The lowest BCUT2D eigenvalue weighted by Crippen LogP contribution is -2.69. The molecule has 374 valence electrons. The minimum absolute atomic E-state index is 0.176. The molecule has 0 aromatic heterocycles. The topological polar surface area (TPSA) is 187 Å². The first-order chi connectivity index (χ1) is 30.8. The second kappa shape index (κ2) is 38.4. The maximum absolute atomic E-state index is 14.0. The van der Waals surface area contributed by atoms with E-state index in [1.807, 2.05) is 0 Å². The molecule has 4 amide bonds. The second-order valence-electron chi connectivity index (χ2n) is 19.2. The van der Waals surface area contributed by atoms with Crippen LogP contribution in [0.5, 0.6) is 0 Å². The second-order valence-corrected chi connectivity index (χ2v) is 19.2. The van der Waals surface area contributed by atoms with Crippen molar-refractivity contribution in [2.45, 2.75) is 263 Å². The van der Waals surface area contributed by atoms with Gasteiger partial charge in [-0.05, 0) is 59.3 Å². The van der Waals surface area contributed by atoms with E-state index in [1.165, 1.54) is 116 Å². The van der Waals surface area contributed by atoms with Crippen LogP contribution in [0.4, 0.5) is 4.79 Å². The van der Waals surface area contributed by atoms with E-state index in [-0.39, 0.29) is 12.3 Å². The number of nitrogens with one attached hydrogen (secondary N) is 3. The molecule has 0 aliphatic carbocycles. The summed E-state index contributed by atoms with van der Waals surface area (Å²) in [6.07, 6.45) is 33.1. The number of carbonyl (C=O) groups excluding carboxylic acids is 4. The van der Waals surface area contributed by atoms with E-state index in [0.29, 0.717) is 19.4 Å². The van der Waals surface area contributed by atoms with E-state index in [4.69, 9.17) is 9.47 Å². The zero-order valence-corrected chi connectivity index (χ0v) is 41.3. The van der Waals surface area contributed by atoms with Gasteiger partial charge in [0.25, 0.3) is 0 Å². The molecule has 0 spiro atoms. The minimum Gasteiger partial charge on any atom is -0.444 e. The van der Waals surface area contributed by atoms with Crippen molar-refractivity contribution in [3.05, 3.63) is 12.2 Å². The van der Waals surface area contributed by atoms with Gasteiger partial charge in [-0.2, -0.15) is 0 Å². The maximum atomic E-state index is 14.0. The number of hydrogen-bond acceptors (Lipinski definition) is 9. The minimum atomic E-state index is -1.56. The number of rotatable bonds is 39. The van der Waals surface area contributed by atoms with E-state index in [1.54, 1.807) is 25.7 Å². The van der Waals surface area contributed by atoms with Crippen molar-refractivity contribution in [3.8, 4) is 0 Å². The third-order valence-corrected chi connectivity index (χ3v) is 12.0. The van der Waals surface area contributed by atoms with E-state index >= 15 is 0 Å². The molecule has 13 heteroatoms. The van der Waals surface area contributed by atoms with Crippen LogP contribution in [0.25, 0.3) is 0 Å². The van der Waals surface area contributed by atoms with Gasteiger partial charge in [0.1, 0.15) is 36.5 Å². The number of unbranched alkanes of at least 4 members (excludes halogenated alkanes) is 26. The van der Waals surface area contributed by atoms with Gasteiger partial charge < -0.3 is 45.6 Å². The summed E-state index contributed by atoms with van der Waals surface area (Å²) in [7, 11) is 0. The molecule has 1 aliphatic rings. The van der Waals surface area contributed by atoms with Gasteiger partial charge in [0.05, 0.1) is 13.2 Å². The van der Waals surface area contributed by atoms with Gasteiger partial charge >= 0.3 is 6.09 Å². The third kappa shape index (κ3) is 30.5. The van der Waals surface area contributed by atoms with Crippen molar-refractivity contribution in [3.63, 3.8) is 0 Å². The Balaban J connectivity index is 2.77. The number of alkyl carbamates (subject to hydrolysis) is 1. The molecule has 0 radical (unpaired) electrons. The van der Waals surface area contributed by atoms with Crippen LogP contribution in [0.2, 0.25) is 0 Å². The van der Waals surface area contributed by atoms with Crippen LogP contribution in [0.1, 0.15) is 227 Å². The van der Waals surface area contributed by atoms with E-state index in [0.717, 1.165) is 57.8 Å². The molecule has 1 aliphatic heterocycles. The fraction of sp³-hybridized carbons (Fsp3) is 0.882. The summed E-state index contributed by atoms with van der Waals surface area (Å²) in [6.45, 7) is 8.41. The Hall–Kier alpha value is -2.74. The normalized spacial score (nSPS) is 18.8. The van der Waals surface area contributed by atoms with E-state index in [2.05, 4.69) is 41.9 Å². The van der Waals surface area contributed by atoms with Crippen molar-refractivity contribution in [2.24, 2.45) is 0 Å². The van der Waals surface area contributed by atoms with E-state index < -0.39 is 73.8 Å². The van der Waals surface area contributed by atoms with Crippen molar-refractivity contribution in [1.29, 1.82) is 0 Å². The highest BCUT2D eigenvalue weighted by Crippen LogP contribution is 2.26. The fourth-order valence-electron chi connectivity index (χ4n) is 8.18. The molecule has 64 heavy (non-hydrogen) atoms. The Labute approximate surface area is 389 Å². The lowest BCUT2D eigenvalue weighted by Gasteiger charge is -2.47. The molecule has 0 unspecified atom stereocenters. The Morgan fingerprint density at radius 1 is 0.594 bits per heavy atom. The van der Waals surface area contributed by atoms with Crippen LogP contribution in [-0.4, -0.2) is 106 Å². The molecule has 1 heterocycles. The summed E-state index contributed by atoms with van der Waals surface area (Å²) in [4.78, 5) is 53.1. The Morgan fingerprint density at radius 2 is 1.03 bits per heavy atom. The molecular formula is C51H96N4O9. The van der Waals surface area contributed by atoms with Gasteiger partial charge in [0.15, 0.2) is 6.23 Å². The number of nitrogens with zero attached hydrogens (tertiary/aromatic N) is 1. The summed E-state index contributed by atoms with van der Waals surface area (Å²) in [5, 5.41) is 39.7. The number of amides is 4. The van der Waals surface area contributed by atoms with Crippen molar-refractivity contribution in [2.75, 3.05) is 26.2 Å². The lowest BCUT2D eigenvalue weighted by molar-refractivity contribution is -0.231. The van der Waals surface area contributed by atoms with Gasteiger partial charge in [0, 0.05) is 13.0 Å². The van der Waals surface area contributed by atoms with Gasteiger partial charge in [0.2, 0.25) is 17.7 Å². The van der Waals surface area contributed by atoms with Crippen LogP contribution in [0, 0.1) is 0 Å². The quantitative estimate of drug-likeness (QED) is 0.0258. The number of aliphatic hydroxyl groups excluding tert-OH is 3. The van der Waals surface area contributed by atoms with Gasteiger partial charge in [-0.1, -0.05) is 174 Å². The first-order valence-corrected chi connectivity index (χ1v) is 25.9. The van der Waals surface area contributed by atoms with Crippen molar-refractivity contribution in [1.82, 2.24) is 20.9 Å². The first-order valence-electron chi connectivity index (χ1n) is 25.9. The third-order valence-electron chi connectivity index (χ3n) is 12.0. The highest BCUT2D eigenvalue weighted by molar-refractivity contribution is 5.87. The van der Waals surface area contributed by atoms with Crippen LogP contribution < -0.4 is 16.0 Å². The van der Waals surface area contributed by atoms with Crippen LogP contribution in [0.15, 0.2) is 12.2 Å². The van der Waals surface area contributed by atoms with Gasteiger partial charge in [-0.25, -0.2) is 4.79 Å². The lowest BCUT2D eigenvalue weighted by atomic mass is 9.94. The smallest absolute Gasteiger partial charge is 0.408 e. The number of ether oxygens (including phenoxy) is 2. The van der Waals surface area contributed by atoms with Gasteiger partial charge in [-0.15, -0.1) is 0 Å². The fourth-order valence-corrected chi connectivity index (χ4v) is 8.18. The number of allylic oxidation sites excluding steroid dienone is 2. The Bertz CT molecular complexity index is 1230. The molecule has 0 saturated carbocycles. The zero-order chi connectivity index (χ0) is 47.3. The monoisotopic (exact) mass is 909 g/mol. The average Bonchev–Trinajstić information content (AvgIpc) is 3.26. The molecule has 6 N–H and O–H groups in total. The summed E-state index contributed by atoms with van der Waals surface area (Å²) in [5.74, 6) is -1.51. The predicted octanol–water partition coefficient (Wildman–Crippen LogP) is 9.68. The molecule has 1 fully saturated rings. The summed E-state index contributed by atoms with van der Waals surface area (Å²) >= 11 is 0. The van der Waals surface area contributed by atoms with Crippen LogP contribution in [0.3, 0.4) is 0 Å².